The van der Waals surface area contributed by atoms with Crippen molar-refractivity contribution < 1.29 is 17.2 Å². The predicted octanol–water partition coefficient (Wildman–Crippen LogP) is 4.60. The number of sulfonamides is 1. The van der Waals surface area contributed by atoms with Gasteiger partial charge in [0.2, 0.25) is 0 Å². The third-order valence-corrected chi connectivity index (χ3v) is 6.90. The van der Waals surface area contributed by atoms with Crippen LogP contribution in [0.5, 0.6) is 0 Å². The number of fused-ring (bicyclic) bond motifs is 1. The number of aromatic nitrogens is 4. The highest BCUT2D eigenvalue weighted by molar-refractivity contribution is 7.92. The number of halogens is 2. The molecule has 5 rings (SSSR count). The van der Waals surface area contributed by atoms with Crippen LogP contribution < -0.4 is 4.72 Å². The summed E-state index contributed by atoms with van der Waals surface area (Å²) in [7, 11) is -4.22. The maximum absolute atomic E-state index is 13.9. The smallest absolute Gasteiger partial charge is 0.264 e. The Morgan fingerprint density at radius 1 is 0.938 bits per heavy atom. The standard InChI is InChI=1S/C21H13F2N5O2S2/c22-14-5-9-19(16(23)12-14)32(29,30)27-15-6-3-13(4-7-15)17-8-10-20-24-25-21(28(20)26-17)18-2-1-11-31-18/h1-12,27H. The number of anilines is 1. The van der Waals surface area contributed by atoms with E-state index in [1.807, 2.05) is 17.5 Å². The summed E-state index contributed by atoms with van der Waals surface area (Å²) in [5.41, 5.74) is 2.19. The van der Waals surface area contributed by atoms with Crippen molar-refractivity contribution in [1.82, 2.24) is 19.8 Å². The lowest BCUT2D eigenvalue weighted by molar-refractivity contribution is 0.551. The van der Waals surface area contributed by atoms with Crippen molar-refractivity contribution >= 4 is 32.7 Å². The number of thiophene rings is 1. The Morgan fingerprint density at radius 2 is 1.75 bits per heavy atom. The molecule has 0 spiro atoms. The zero-order valence-electron chi connectivity index (χ0n) is 16.1. The Kier molecular flexibility index (Phi) is 4.91. The van der Waals surface area contributed by atoms with Crippen molar-refractivity contribution in [2.45, 2.75) is 4.90 Å². The van der Waals surface area contributed by atoms with Crippen LogP contribution in [0, 0.1) is 11.6 Å². The first kappa shape index (κ1) is 20.2. The molecule has 0 atom stereocenters. The van der Waals surface area contributed by atoms with Crippen LogP contribution in [-0.4, -0.2) is 28.2 Å². The molecule has 0 aliphatic rings. The third-order valence-electron chi connectivity index (χ3n) is 4.62. The van der Waals surface area contributed by atoms with E-state index in [9.17, 15) is 17.2 Å². The maximum Gasteiger partial charge on any atom is 0.264 e. The normalized spacial score (nSPS) is 11.7. The van der Waals surface area contributed by atoms with Gasteiger partial charge in [-0.25, -0.2) is 17.2 Å². The van der Waals surface area contributed by atoms with Gasteiger partial charge in [-0.3, -0.25) is 4.72 Å². The number of nitrogens with zero attached hydrogens (tertiary/aromatic N) is 4. The zero-order chi connectivity index (χ0) is 22.3. The van der Waals surface area contributed by atoms with Gasteiger partial charge in [-0.05, 0) is 47.8 Å². The Morgan fingerprint density at radius 3 is 2.47 bits per heavy atom. The minimum Gasteiger partial charge on any atom is -0.280 e. The van der Waals surface area contributed by atoms with Crippen LogP contribution >= 0.6 is 11.3 Å². The molecule has 11 heteroatoms. The summed E-state index contributed by atoms with van der Waals surface area (Å²) in [4.78, 5) is 0.295. The summed E-state index contributed by atoms with van der Waals surface area (Å²) >= 11 is 1.53. The Bertz CT molecular complexity index is 1530. The fourth-order valence-corrected chi connectivity index (χ4v) is 4.93. The van der Waals surface area contributed by atoms with E-state index in [1.165, 1.54) is 23.5 Å². The van der Waals surface area contributed by atoms with Gasteiger partial charge in [0, 0.05) is 17.3 Å². The van der Waals surface area contributed by atoms with Gasteiger partial charge in [0.15, 0.2) is 11.5 Å². The molecular formula is C21H13F2N5O2S2. The number of rotatable bonds is 5. The van der Waals surface area contributed by atoms with Crippen LogP contribution in [0.2, 0.25) is 0 Å². The molecule has 3 aromatic heterocycles. The number of hydrogen-bond acceptors (Lipinski definition) is 6. The van der Waals surface area contributed by atoms with Gasteiger partial charge in [-0.15, -0.1) is 21.5 Å². The predicted molar refractivity (Wildman–Crippen MR) is 117 cm³/mol. The lowest BCUT2D eigenvalue weighted by Gasteiger charge is -2.10. The molecule has 0 amide bonds. The van der Waals surface area contributed by atoms with E-state index in [0.29, 0.717) is 23.2 Å². The molecule has 0 aliphatic carbocycles. The molecule has 32 heavy (non-hydrogen) atoms. The summed E-state index contributed by atoms with van der Waals surface area (Å²) in [6, 6.07) is 16.2. The van der Waals surface area contributed by atoms with E-state index in [0.717, 1.165) is 22.6 Å². The first-order chi connectivity index (χ1) is 15.4. The summed E-state index contributed by atoms with van der Waals surface area (Å²) in [5.74, 6) is -1.39. The average molecular weight is 469 g/mol. The molecule has 3 heterocycles. The van der Waals surface area contributed by atoms with Crippen molar-refractivity contribution in [2.24, 2.45) is 0 Å². The fourth-order valence-electron chi connectivity index (χ4n) is 3.11. The summed E-state index contributed by atoms with van der Waals surface area (Å²) in [6.45, 7) is 0. The Balaban J connectivity index is 1.43. The van der Waals surface area contributed by atoms with Gasteiger partial charge in [-0.2, -0.15) is 9.61 Å². The van der Waals surface area contributed by atoms with Crippen molar-refractivity contribution in [2.75, 3.05) is 4.72 Å². The molecule has 0 unspecified atom stereocenters. The van der Waals surface area contributed by atoms with Crippen LogP contribution in [0.15, 0.2) is 77.0 Å². The Labute approximate surface area is 185 Å². The van der Waals surface area contributed by atoms with Crippen molar-refractivity contribution in [1.29, 1.82) is 0 Å². The molecule has 0 aliphatic heterocycles. The molecule has 7 nitrogen and oxygen atoms in total. The molecule has 0 radical (unpaired) electrons. The molecule has 0 saturated carbocycles. The topological polar surface area (TPSA) is 89.2 Å². The summed E-state index contributed by atoms with van der Waals surface area (Å²) < 4.78 is 55.8. The SMILES string of the molecule is O=S(=O)(Nc1ccc(-c2ccc3nnc(-c4cccs4)n3n2)cc1)c1ccc(F)cc1F. The minimum atomic E-state index is -4.22. The van der Waals surface area contributed by atoms with Crippen LogP contribution in [0.3, 0.4) is 0 Å². The average Bonchev–Trinajstić information content (AvgIpc) is 3.43. The van der Waals surface area contributed by atoms with E-state index in [4.69, 9.17) is 0 Å². The monoisotopic (exact) mass is 469 g/mol. The van der Waals surface area contributed by atoms with E-state index in [-0.39, 0.29) is 5.69 Å². The Hall–Kier alpha value is -3.70. The third kappa shape index (κ3) is 3.72. The number of benzene rings is 2. The van der Waals surface area contributed by atoms with E-state index >= 15 is 0 Å². The second-order valence-corrected chi connectivity index (χ2v) is 9.35. The van der Waals surface area contributed by atoms with Gasteiger partial charge >= 0.3 is 0 Å². The molecular weight excluding hydrogens is 456 g/mol. The second-order valence-electron chi connectivity index (χ2n) is 6.75. The quantitative estimate of drug-likeness (QED) is 0.406. The molecule has 5 aromatic rings. The van der Waals surface area contributed by atoms with E-state index in [2.05, 4.69) is 20.0 Å². The first-order valence-corrected chi connectivity index (χ1v) is 11.6. The molecule has 2 aromatic carbocycles. The van der Waals surface area contributed by atoms with Crippen LogP contribution in [-0.2, 0) is 10.0 Å². The van der Waals surface area contributed by atoms with E-state index < -0.39 is 26.6 Å². The first-order valence-electron chi connectivity index (χ1n) is 9.25. The minimum absolute atomic E-state index is 0.224. The molecule has 160 valence electrons. The molecule has 0 saturated heterocycles. The lowest BCUT2D eigenvalue weighted by Crippen LogP contribution is -2.14. The van der Waals surface area contributed by atoms with Gasteiger partial charge in [0.05, 0.1) is 10.6 Å². The summed E-state index contributed by atoms with van der Waals surface area (Å²) in [5, 5.41) is 14.9. The van der Waals surface area contributed by atoms with Crippen molar-refractivity contribution in [3.05, 3.63) is 83.7 Å². The largest absolute Gasteiger partial charge is 0.280 e. The number of hydrogen-bond donors (Lipinski definition) is 1. The number of nitrogens with one attached hydrogen (secondary N) is 1. The maximum atomic E-state index is 13.9. The zero-order valence-corrected chi connectivity index (χ0v) is 17.7. The van der Waals surface area contributed by atoms with Gasteiger partial charge < -0.3 is 0 Å². The van der Waals surface area contributed by atoms with Crippen LogP contribution in [0.1, 0.15) is 0 Å². The molecule has 0 fully saturated rings. The van der Waals surface area contributed by atoms with Gasteiger partial charge in [-0.1, -0.05) is 18.2 Å². The van der Waals surface area contributed by atoms with Crippen molar-refractivity contribution in [3.63, 3.8) is 0 Å². The second kappa shape index (κ2) is 7.77. The highest BCUT2D eigenvalue weighted by Crippen LogP contribution is 2.26. The fraction of sp³-hybridized carbons (Fsp3) is 0. The van der Waals surface area contributed by atoms with Gasteiger partial charge in [0.25, 0.3) is 10.0 Å². The molecule has 0 bridgehead atoms. The van der Waals surface area contributed by atoms with Crippen LogP contribution in [0.4, 0.5) is 14.5 Å². The van der Waals surface area contributed by atoms with Crippen molar-refractivity contribution in [3.8, 4) is 22.0 Å². The van der Waals surface area contributed by atoms with Gasteiger partial charge in [0.1, 0.15) is 16.5 Å². The van der Waals surface area contributed by atoms with E-state index in [1.54, 1.807) is 28.8 Å². The van der Waals surface area contributed by atoms with Crippen LogP contribution in [0.25, 0.3) is 27.6 Å². The lowest BCUT2D eigenvalue weighted by atomic mass is 10.1. The highest BCUT2D eigenvalue weighted by atomic mass is 32.2. The highest BCUT2D eigenvalue weighted by Gasteiger charge is 2.20. The molecule has 1 N–H and O–H groups in total. The summed E-state index contributed by atoms with van der Waals surface area (Å²) in [6.07, 6.45) is 0.